The van der Waals surface area contributed by atoms with E-state index in [1.807, 2.05) is 0 Å². The number of rotatable bonds is 5. The molecule has 3 N–H and O–H groups in total. The first-order valence-electron chi connectivity index (χ1n) is 5.14. The second-order valence-corrected chi connectivity index (χ2v) is 3.65. The molecule has 0 radical (unpaired) electrons. The number of aliphatic carboxylic acids is 1. The van der Waals surface area contributed by atoms with E-state index >= 15 is 0 Å². The molecule has 18 heavy (non-hydrogen) atoms. The van der Waals surface area contributed by atoms with Gasteiger partial charge in [-0.15, -0.1) is 0 Å². The second kappa shape index (κ2) is 6.00. The van der Waals surface area contributed by atoms with Gasteiger partial charge in [0, 0.05) is 0 Å². The van der Waals surface area contributed by atoms with E-state index in [1.165, 1.54) is 25.3 Å². The summed E-state index contributed by atoms with van der Waals surface area (Å²) in [5.41, 5.74) is 0.496. The van der Waals surface area contributed by atoms with Gasteiger partial charge < -0.3 is 20.1 Å². The maximum atomic E-state index is 10.7. The number of methoxy groups -OCH3 is 1. The fourth-order valence-corrected chi connectivity index (χ4v) is 1.54. The zero-order valence-corrected chi connectivity index (χ0v) is 9.70. The minimum absolute atomic E-state index is 0.172. The lowest BCUT2D eigenvalue weighted by Crippen LogP contribution is -2.18. The Bertz CT molecular complexity index is 480. The van der Waals surface area contributed by atoms with Crippen LogP contribution in [0, 0.1) is 11.3 Å². The largest absolute Gasteiger partial charge is 0.497 e. The summed E-state index contributed by atoms with van der Waals surface area (Å²) in [6.45, 7) is 0. The van der Waals surface area contributed by atoms with Crippen molar-refractivity contribution in [1.29, 1.82) is 5.26 Å². The number of aliphatic hydroxyl groups excluding tert-OH is 2. The number of nitrogens with zero attached hydrogens (tertiary/aromatic N) is 1. The molecule has 0 spiro atoms. The summed E-state index contributed by atoms with van der Waals surface area (Å²) in [4.78, 5) is 10.7. The van der Waals surface area contributed by atoms with Crippen molar-refractivity contribution in [2.45, 2.75) is 18.6 Å². The first-order chi connectivity index (χ1) is 8.49. The van der Waals surface area contributed by atoms with Crippen LogP contribution in [-0.4, -0.2) is 34.5 Å². The van der Waals surface area contributed by atoms with E-state index < -0.39 is 18.2 Å². The molecule has 6 nitrogen and oxygen atoms in total. The van der Waals surface area contributed by atoms with Crippen LogP contribution in [0.25, 0.3) is 0 Å². The van der Waals surface area contributed by atoms with Crippen LogP contribution < -0.4 is 4.74 Å². The van der Waals surface area contributed by atoms with Gasteiger partial charge in [0.2, 0.25) is 0 Å². The van der Waals surface area contributed by atoms with Gasteiger partial charge in [0.15, 0.2) is 6.10 Å². The topological polar surface area (TPSA) is 111 Å². The van der Waals surface area contributed by atoms with Crippen LogP contribution >= 0.6 is 0 Å². The molecule has 0 aliphatic heterocycles. The standard InChI is InChI=1S/C12H13NO5/c1-18-8-3-2-7(4-11(15)16)9(5-8)12(17)10(14)6-13/h2-3,5,10,12,14,17H,4H2,1H3,(H,15,16). The van der Waals surface area contributed by atoms with Crippen molar-refractivity contribution in [2.24, 2.45) is 0 Å². The number of carboxylic acid groups (broad SMARTS) is 1. The number of hydrogen-bond acceptors (Lipinski definition) is 5. The summed E-state index contributed by atoms with van der Waals surface area (Å²) in [6, 6.07) is 5.94. The molecular formula is C12H13NO5. The fraction of sp³-hybridized carbons (Fsp3) is 0.333. The molecule has 0 bridgehead atoms. The number of nitriles is 1. The predicted molar refractivity (Wildman–Crippen MR) is 60.9 cm³/mol. The molecule has 0 saturated carbocycles. The summed E-state index contributed by atoms with van der Waals surface area (Å²) in [5.74, 6) is -0.664. The summed E-state index contributed by atoms with van der Waals surface area (Å²) in [5, 5.41) is 36.4. The van der Waals surface area contributed by atoms with Crippen molar-refractivity contribution in [3.05, 3.63) is 29.3 Å². The van der Waals surface area contributed by atoms with Crippen molar-refractivity contribution < 1.29 is 24.9 Å². The Hall–Kier alpha value is -2.10. The zero-order valence-electron chi connectivity index (χ0n) is 9.70. The van der Waals surface area contributed by atoms with E-state index in [0.717, 1.165) is 0 Å². The lowest BCUT2D eigenvalue weighted by molar-refractivity contribution is -0.136. The number of ether oxygens (including phenoxy) is 1. The van der Waals surface area contributed by atoms with Gasteiger partial charge in [-0.2, -0.15) is 5.26 Å². The molecule has 0 aromatic heterocycles. The molecule has 0 amide bonds. The van der Waals surface area contributed by atoms with E-state index in [4.69, 9.17) is 15.1 Å². The molecule has 2 unspecified atom stereocenters. The highest BCUT2D eigenvalue weighted by atomic mass is 16.5. The van der Waals surface area contributed by atoms with Crippen LogP contribution in [0.2, 0.25) is 0 Å². The first kappa shape index (κ1) is 14.0. The number of hydrogen-bond donors (Lipinski definition) is 3. The van der Waals surface area contributed by atoms with Crippen molar-refractivity contribution in [2.75, 3.05) is 7.11 Å². The molecule has 1 rings (SSSR count). The number of carbonyl (C=O) groups is 1. The van der Waals surface area contributed by atoms with Gasteiger partial charge in [0.25, 0.3) is 0 Å². The molecule has 96 valence electrons. The molecule has 1 aromatic carbocycles. The van der Waals surface area contributed by atoms with E-state index in [2.05, 4.69) is 0 Å². The van der Waals surface area contributed by atoms with Crippen LogP contribution in [0.4, 0.5) is 0 Å². The molecule has 0 saturated heterocycles. The van der Waals surface area contributed by atoms with E-state index in [-0.39, 0.29) is 12.0 Å². The summed E-state index contributed by atoms with van der Waals surface area (Å²) >= 11 is 0. The van der Waals surface area contributed by atoms with Crippen LogP contribution in [0.1, 0.15) is 17.2 Å². The quantitative estimate of drug-likeness (QED) is 0.646. The van der Waals surface area contributed by atoms with E-state index in [9.17, 15) is 15.0 Å². The number of aliphatic hydroxyl groups is 2. The Morgan fingerprint density at radius 3 is 2.67 bits per heavy atom. The Morgan fingerprint density at radius 1 is 1.50 bits per heavy atom. The Morgan fingerprint density at radius 2 is 2.17 bits per heavy atom. The summed E-state index contributed by atoms with van der Waals surface area (Å²) in [7, 11) is 1.42. The van der Waals surface area contributed by atoms with Crippen molar-refractivity contribution in [1.82, 2.24) is 0 Å². The smallest absolute Gasteiger partial charge is 0.307 e. The highest BCUT2D eigenvalue weighted by Crippen LogP contribution is 2.26. The van der Waals surface area contributed by atoms with Crippen molar-refractivity contribution in [3.8, 4) is 11.8 Å². The van der Waals surface area contributed by atoms with Crippen LogP contribution in [0.15, 0.2) is 18.2 Å². The lowest BCUT2D eigenvalue weighted by Gasteiger charge is -2.16. The lowest BCUT2D eigenvalue weighted by atomic mass is 9.96. The molecule has 0 fully saturated rings. The molecule has 0 aliphatic rings. The van der Waals surface area contributed by atoms with Gasteiger partial charge >= 0.3 is 5.97 Å². The zero-order chi connectivity index (χ0) is 13.7. The summed E-state index contributed by atoms with van der Waals surface area (Å²) in [6.07, 6.45) is -3.40. The number of benzene rings is 1. The minimum atomic E-state index is -1.62. The number of carboxylic acids is 1. The van der Waals surface area contributed by atoms with Gasteiger partial charge in [-0.05, 0) is 23.3 Å². The normalized spacial score (nSPS) is 13.4. The summed E-state index contributed by atoms with van der Waals surface area (Å²) < 4.78 is 4.96. The third kappa shape index (κ3) is 3.20. The molecule has 0 aliphatic carbocycles. The first-order valence-corrected chi connectivity index (χ1v) is 5.14. The highest BCUT2D eigenvalue weighted by Gasteiger charge is 2.22. The van der Waals surface area contributed by atoms with E-state index in [1.54, 1.807) is 6.07 Å². The van der Waals surface area contributed by atoms with Gasteiger partial charge in [0.05, 0.1) is 19.6 Å². The van der Waals surface area contributed by atoms with Gasteiger partial charge in [-0.25, -0.2) is 0 Å². The molecule has 1 aromatic rings. The molecule has 2 atom stereocenters. The third-order valence-electron chi connectivity index (χ3n) is 2.44. The monoisotopic (exact) mass is 251 g/mol. The van der Waals surface area contributed by atoms with Crippen LogP contribution in [0.5, 0.6) is 5.75 Å². The van der Waals surface area contributed by atoms with Crippen molar-refractivity contribution in [3.63, 3.8) is 0 Å². The Kier molecular flexibility index (Phi) is 4.66. The Balaban J connectivity index is 3.19. The molecule has 6 heteroatoms. The fourth-order valence-electron chi connectivity index (χ4n) is 1.54. The SMILES string of the molecule is COc1ccc(CC(=O)O)c(C(O)C(O)C#N)c1. The maximum Gasteiger partial charge on any atom is 0.307 e. The second-order valence-electron chi connectivity index (χ2n) is 3.65. The van der Waals surface area contributed by atoms with E-state index in [0.29, 0.717) is 11.3 Å². The van der Waals surface area contributed by atoms with Crippen LogP contribution in [0.3, 0.4) is 0 Å². The van der Waals surface area contributed by atoms with Gasteiger partial charge in [-0.1, -0.05) is 6.07 Å². The Labute approximate surface area is 104 Å². The van der Waals surface area contributed by atoms with Crippen molar-refractivity contribution >= 4 is 5.97 Å². The predicted octanol–water partition coefficient (Wildman–Crippen LogP) is 0.240. The van der Waals surface area contributed by atoms with Crippen LogP contribution in [-0.2, 0) is 11.2 Å². The van der Waals surface area contributed by atoms with Gasteiger partial charge in [0.1, 0.15) is 11.9 Å². The highest BCUT2D eigenvalue weighted by molar-refractivity contribution is 5.71. The molecular weight excluding hydrogens is 238 g/mol. The molecule has 0 heterocycles. The average molecular weight is 251 g/mol. The maximum absolute atomic E-state index is 10.7. The average Bonchev–Trinajstić information content (AvgIpc) is 2.36. The third-order valence-corrected chi connectivity index (χ3v) is 2.44. The van der Waals surface area contributed by atoms with Gasteiger partial charge in [-0.3, -0.25) is 4.79 Å². The minimum Gasteiger partial charge on any atom is -0.497 e.